The summed E-state index contributed by atoms with van der Waals surface area (Å²) >= 11 is 0. The minimum absolute atomic E-state index is 0.114. The zero-order valence-electron chi connectivity index (χ0n) is 10.3. The van der Waals surface area contributed by atoms with Crippen LogP contribution in [0.1, 0.15) is 19.6 Å². The quantitative estimate of drug-likeness (QED) is 0.917. The Morgan fingerprint density at radius 2 is 2.06 bits per heavy atom. The average Bonchev–Trinajstić information content (AvgIpc) is 2.82. The molecule has 98 valence electrons. The maximum Gasteiger partial charge on any atom is 0.244 e. The summed E-state index contributed by atoms with van der Waals surface area (Å²) < 4.78 is 36.9. The third-order valence-electron chi connectivity index (χ3n) is 2.23. The molecule has 2 aromatic rings. The first kappa shape index (κ1) is 12.8. The Hall–Kier alpha value is -1.60. The Balaban J connectivity index is 2.42. The Bertz CT molecular complexity index is 626. The van der Waals surface area contributed by atoms with Crippen molar-refractivity contribution in [2.45, 2.75) is 31.7 Å². The zero-order valence-corrected chi connectivity index (χ0v) is 11.1. The molecule has 0 saturated carbocycles. The van der Waals surface area contributed by atoms with Gasteiger partial charge in [0.1, 0.15) is 10.7 Å². The number of sulfonamides is 1. The molecule has 2 rings (SSSR count). The highest BCUT2D eigenvalue weighted by atomic mass is 32.2. The van der Waals surface area contributed by atoms with E-state index in [1.165, 1.54) is 12.3 Å². The van der Waals surface area contributed by atoms with E-state index in [1.54, 1.807) is 26.8 Å². The van der Waals surface area contributed by atoms with E-state index in [2.05, 4.69) is 9.88 Å². The molecule has 0 amide bonds. The summed E-state index contributed by atoms with van der Waals surface area (Å²) in [5, 5.41) is 3.55. The molecule has 0 aliphatic rings. The van der Waals surface area contributed by atoms with Crippen LogP contribution in [0.4, 0.5) is 0 Å². The van der Waals surface area contributed by atoms with Crippen molar-refractivity contribution in [2.24, 2.45) is 0 Å². The van der Waals surface area contributed by atoms with Crippen LogP contribution < -0.4 is 4.72 Å². The van der Waals surface area contributed by atoms with E-state index in [-0.39, 0.29) is 10.9 Å². The van der Waals surface area contributed by atoms with Crippen LogP contribution in [-0.4, -0.2) is 19.6 Å². The highest BCUT2D eigenvalue weighted by Gasteiger charge is 2.23. The summed E-state index contributed by atoms with van der Waals surface area (Å²) in [5.41, 5.74) is 0. The van der Waals surface area contributed by atoms with Gasteiger partial charge in [-0.3, -0.25) is 0 Å². The van der Waals surface area contributed by atoms with Crippen molar-refractivity contribution in [1.29, 1.82) is 0 Å². The van der Waals surface area contributed by atoms with E-state index in [0.717, 1.165) is 0 Å². The highest BCUT2D eigenvalue weighted by molar-refractivity contribution is 7.89. The van der Waals surface area contributed by atoms with Crippen LogP contribution in [0.3, 0.4) is 0 Å². The molecule has 0 unspecified atom stereocenters. The molecule has 0 aliphatic carbocycles. The first-order chi connectivity index (χ1) is 8.40. The van der Waals surface area contributed by atoms with Crippen LogP contribution in [-0.2, 0) is 10.0 Å². The molecule has 0 radical (unpaired) electrons. The maximum absolute atomic E-state index is 12.0. The topological polar surface area (TPSA) is 85.3 Å². The SMILES string of the molecule is Cc1oc(-c2ccno2)cc1S(=O)(=O)NC(C)C. The predicted octanol–water partition coefficient (Wildman–Crippen LogP) is 1.93. The number of hydrogen-bond donors (Lipinski definition) is 1. The summed E-state index contributed by atoms with van der Waals surface area (Å²) in [7, 11) is -3.57. The predicted molar refractivity (Wildman–Crippen MR) is 64.4 cm³/mol. The number of aromatic nitrogens is 1. The number of aryl methyl sites for hydroxylation is 1. The number of nitrogens with one attached hydrogen (secondary N) is 1. The number of rotatable bonds is 4. The van der Waals surface area contributed by atoms with E-state index in [1.807, 2.05) is 0 Å². The van der Waals surface area contributed by atoms with Crippen LogP contribution in [0.15, 0.2) is 32.2 Å². The number of furan rings is 1. The lowest BCUT2D eigenvalue weighted by Crippen LogP contribution is -2.30. The summed E-state index contributed by atoms with van der Waals surface area (Å²) in [6, 6.07) is 2.85. The normalized spacial score (nSPS) is 12.2. The Kier molecular flexibility index (Phi) is 3.27. The summed E-state index contributed by atoms with van der Waals surface area (Å²) in [6.45, 7) is 5.10. The third kappa shape index (κ3) is 2.46. The van der Waals surface area contributed by atoms with E-state index in [4.69, 9.17) is 8.94 Å². The van der Waals surface area contributed by atoms with Crippen LogP contribution in [0, 0.1) is 6.92 Å². The van der Waals surface area contributed by atoms with Crippen molar-refractivity contribution in [1.82, 2.24) is 9.88 Å². The van der Waals surface area contributed by atoms with Gasteiger partial charge in [-0.1, -0.05) is 5.16 Å². The third-order valence-corrected chi connectivity index (χ3v) is 4.00. The second kappa shape index (κ2) is 4.58. The molecule has 2 aromatic heterocycles. The molecule has 18 heavy (non-hydrogen) atoms. The largest absolute Gasteiger partial charge is 0.457 e. The molecule has 0 saturated heterocycles. The fourth-order valence-corrected chi connectivity index (χ4v) is 3.00. The molecule has 0 aliphatic heterocycles. The second-order valence-electron chi connectivity index (χ2n) is 4.18. The zero-order chi connectivity index (χ0) is 13.3. The number of nitrogens with zero attached hydrogens (tertiary/aromatic N) is 1. The Morgan fingerprint density at radius 1 is 1.33 bits per heavy atom. The molecule has 0 atom stereocenters. The van der Waals surface area contributed by atoms with Gasteiger partial charge in [-0.25, -0.2) is 13.1 Å². The molecule has 0 fully saturated rings. The van der Waals surface area contributed by atoms with Gasteiger partial charge in [0, 0.05) is 18.2 Å². The van der Waals surface area contributed by atoms with Crippen molar-refractivity contribution < 1.29 is 17.4 Å². The van der Waals surface area contributed by atoms with Crippen molar-refractivity contribution >= 4 is 10.0 Å². The van der Waals surface area contributed by atoms with Crippen LogP contribution in [0.2, 0.25) is 0 Å². The minimum atomic E-state index is -3.57. The van der Waals surface area contributed by atoms with Crippen LogP contribution >= 0.6 is 0 Å². The molecule has 0 bridgehead atoms. The van der Waals surface area contributed by atoms with Crippen LogP contribution in [0.5, 0.6) is 0 Å². The van der Waals surface area contributed by atoms with Gasteiger partial charge in [0.2, 0.25) is 15.8 Å². The molecule has 2 heterocycles. The van der Waals surface area contributed by atoms with Gasteiger partial charge in [-0.05, 0) is 20.8 Å². The molecule has 0 aromatic carbocycles. The second-order valence-corrected chi connectivity index (χ2v) is 5.87. The van der Waals surface area contributed by atoms with Crippen molar-refractivity contribution in [3.63, 3.8) is 0 Å². The van der Waals surface area contributed by atoms with Crippen molar-refractivity contribution in [2.75, 3.05) is 0 Å². The Morgan fingerprint density at radius 3 is 2.61 bits per heavy atom. The fraction of sp³-hybridized carbons (Fsp3) is 0.364. The van der Waals surface area contributed by atoms with E-state index in [0.29, 0.717) is 17.3 Å². The standard InChI is InChI=1S/C11H14N2O4S/c1-7(2)13-18(14,15)11-6-10(16-8(11)3)9-4-5-12-17-9/h4-7,13H,1-3H3. The highest BCUT2D eigenvalue weighted by Crippen LogP contribution is 2.27. The van der Waals surface area contributed by atoms with Gasteiger partial charge in [-0.15, -0.1) is 0 Å². The molecular formula is C11H14N2O4S. The fourth-order valence-electron chi connectivity index (χ4n) is 1.57. The summed E-state index contributed by atoms with van der Waals surface area (Å²) in [6.07, 6.45) is 1.47. The first-order valence-electron chi connectivity index (χ1n) is 5.44. The lowest BCUT2D eigenvalue weighted by Gasteiger charge is -2.07. The van der Waals surface area contributed by atoms with Gasteiger partial charge in [0.25, 0.3) is 0 Å². The van der Waals surface area contributed by atoms with Gasteiger partial charge < -0.3 is 8.94 Å². The first-order valence-corrected chi connectivity index (χ1v) is 6.92. The van der Waals surface area contributed by atoms with Crippen molar-refractivity contribution in [3.8, 4) is 11.5 Å². The molecule has 0 spiro atoms. The van der Waals surface area contributed by atoms with Gasteiger partial charge in [0.05, 0.1) is 6.20 Å². The lowest BCUT2D eigenvalue weighted by molar-refractivity contribution is 0.414. The van der Waals surface area contributed by atoms with Crippen LogP contribution in [0.25, 0.3) is 11.5 Å². The Labute approximate surface area is 105 Å². The maximum atomic E-state index is 12.0. The van der Waals surface area contributed by atoms with E-state index < -0.39 is 10.0 Å². The van der Waals surface area contributed by atoms with Gasteiger partial charge >= 0.3 is 0 Å². The lowest BCUT2D eigenvalue weighted by atomic mass is 10.3. The van der Waals surface area contributed by atoms with Crippen molar-refractivity contribution in [3.05, 3.63) is 24.1 Å². The average molecular weight is 270 g/mol. The summed E-state index contributed by atoms with van der Waals surface area (Å²) in [4.78, 5) is 0.114. The van der Waals surface area contributed by atoms with Gasteiger partial charge in [0.15, 0.2) is 5.76 Å². The smallest absolute Gasteiger partial charge is 0.244 e. The monoisotopic (exact) mass is 270 g/mol. The summed E-state index contributed by atoms with van der Waals surface area (Å²) in [5.74, 6) is 1.05. The van der Waals surface area contributed by atoms with Gasteiger partial charge in [-0.2, -0.15) is 0 Å². The van der Waals surface area contributed by atoms with E-state index >= 15 is 0 Å². The minimum Gasteiger partial charge on any atom is -0.457 e. The molecule has 1 N–H and O–H groups in total. The van der Waals surface area contributed by atoms with E-state index in [9.17, 15) is 8.42 Å². The molecular weight excluding hydrogens is 256 g/mol. The number of hydrogen-bond acceptors (Lipinski definition) is 5. The molecule has 6 nitrogen and oxygen atoms in total. The molecule has 7 heteroatoms.